The lowest BCUT2D eigenvalue weighted by atomic mass is 10.1. The summed E-state index contributed by atoms with van der Waals surface area (Å²) in [6.07, 6.45) is 4.86. The Morgan fingerprint density at radius 2 is 2.14 bits per heavy atom. The molecule has 4 aromatic rings. The Bertz CT molecular complexity index is 1240. The van der Waals surface area contributed by atoms with Crippen LogP contribution in [0.5, 0.6) is 5.75 Å². The van der Waals surface area contributed by atoms with Crippen LogP contribution in [0.3, 0.4) is 0 Å². The first kappa shape index (κ1) is 17.3. The number of halogens is 1. The minimum atomic E-state index is -0.341. The van der Waals surface area contributed by atoms with Crippen LogP contribution < -0.4 is 10.1 Å². The van der Waals surface area contributed by atoms with Crippen molar-refractivity contribution < 1.29 is 9.13 Å². The summed E-state index contributed by atoms with van der Waals surface area (Å²) in [5, 5.41) is 8.77. The van der Waals surface area contributed by atoms with Crippen molar-refractivity contribution in [2.75, 3.05) is 20.2 Å². The fourth-order valence-corrected chi connectivity index (χ4v) is 4.53. The van der Waals surface area contributed by atoms with Crippen LogP contribution in [0.2, 0.25) is 0 Å². The van der Waals surface area contributed by atoms with E-state index in [-0.39, 0.29) is 5.82 Å². The molecule has 6 nitrogen and oxygen atoms in total. The fraction of sp³-hybridized carbons (Fsp3) is 0.250. The minimum absolute atomic E-state index is 0.341. The van der Waals surface area contributed by atoms with Gasteiger partial charge >= 0.3 is 0 Å². The van der Waals surface area contributed by atoms with Crippen LogP contribution >= 0.6 is 11.3 Å². The van der Waals surface area contributed by atoms with E-state index < -0.39 is 0 Å². The number of nitrogens with one attached hydrogen (secondary N) is 1. The number of fused-ring (bicyclic) bond motifs is 2. The molecule has 0 saturated carbocycles. The first-order chi connectivity index (χ1) is 13.6. The molecule has 5 rings (SSSR count). The fourth-order valence-electron chi connectivity index (χ4n) is 3.45. The van der Waals surface area contributed by atoms with Crippen molar-refractivity contribution in [1.29, 1.82) is 0 Å². The molecule has 8 heteroatoms. The molecule has 28 heavy (non-hydrogen) atoms. The van der Waals surface area contributed by atoms with Gasteiger partial charge in [0.1, 0.15) is 10.5 Å². The SMILES string of the molecule is COc1cc(-c2cc(F)c3nc(C4=CCNCC4)sc3c2)nn2cc(C)nc12. The molecule has 0 amide bonds. The molecule has 1 aliphatic rings. The standard InChI is InChI=1S/C20H18FN5OS/c1-11-10-26-19(23-11)16(27-2)9-15(25-26)13-7-14(21)18-17(8-13)28-20(24-18)12-3-5-22-6-4-12/h3,7-10,22H,4-6H2,1-2H3. The highest BCUT2D eigenvalue weighted by Gasteiger charge is 2.17. The highest BCUT2D eigenvalue weighted by atomic mass is 32.1. The number of rotatable bonds is 3. The van der Waals surface area contributed by atoms with Crippen molar-refractivity contribution >= 4 is 32.8 Å². The second-order valence-electron chi connectivity index (χ2n) is 6.76. The van der Waals surface area contributed by atoms with Crippen LogP contribution in [0.15, 0.2) is 30.5 Å². The lowest BCUT2D eigenvalue weighted by molar-refractivity contribution is 0.416. The number of imidazole rings is 1. The third-order valence-corrected chi connectivity index (χ3v) is 5.89. The van der Waals surface area contributed by atoms with Gasteiger partial charge in [0.15, 0.2) is 17.2 Å². The summed E-state index contributed by atoms with van der Waals surface area (Å²) < 4.78 is 22.8. The Balaban J connectivity index is 1.65. The molecule has 142 valence electrons. The van der Waals surface area contributed by atoms with E-state index in [0.717, 1.165) is 34.9 Å². The quantitative estimate of drug-likeness (QED) is 0.571. The number of ether oxygens (including phenoxy) is 1. The van der Waals surface area contributed by atoms with Crippen molar-refractivity contribution in [2.45, 2.75) is 13.3 Å². The molecule has 0 unspecified atom stereocenters. The lowest BCUT2D eigenvalue weighted by Gasteiger charge is -2.10. The molecule has 1 aromatic carbocycles. The molecule has 0 radical (unpaired) electrons. The summed E-state index contributed by atoms with van der Waals surface area (Å²) >= 11 is 1.52. The number of hydrogen-bond donors (Lipinski definition) is 1. The molecule has 1 N–H and O–H groups in total. The van der Waals surface area contributed by atoms with Gasteiger partial charge in [-0.1, -0.05) is 6.08 Å². The van der Waals surface area contributed by atoms with Crippen LogP contribution in [-0.4, -0.2) is 39.8 Å². The Hall–Kier alpha value is -2.84. The molecule has 1 aliphatic heterocycles. The molecule has 0 spiro atoms. The normalized spacial score (nSPS) is 14.6. The van der Waals surface area contributed by atoms with Gasteiger partial charge in [0.2, 0.25) is 0 Å². The summed E-state index contributed by atoms with van der Waals surface area (Å²) in [5.74, 6) is 0.260. The van der Waals surface area contributed by atoms with Gasteiger partial charge in [-0.3, -0.25) is 0 Å². The van der Waals surface area contributed by atoms with E-state index in [4.69, 9.17) is 4.74 Å². The maximum atomic E-state index is 14.8. The Labute approximate surface area is 164 Å². The molecule has 0 aliphatic carbocycles. The van der Waals surface area contributed by atoms with E-state index in [1.54, 1.807) is 17.7 Å². The Morgan fingerprint density at radius 1 is 1.25 bits per heavy atom. The summed E-state index contributed by atoms with van der Waals surface area (Å²) in [6, 6.07) is 5.22. The van der Waals surface area contributed by atoms with Crippen LogP contribution in [0.1, 0.15) is 17.1 Å². The summed E-state index contributed by atoms with van der Waals surface area (Å²) in [4.78, 5) is 8.97. The van der Waals surface area contributed by atoms with E-state index in [9.17, 15) is 4.39 Å². The van der Waals surface area contributed by atoms with Crippen LogP contribution in [-0.2, 0) is 0 Å². The average molecular weight is 395 g/mol. The van der Waals surface area contributed by atoms with Crippen molar-refractivity contribution in [3.8, 4) is 17.0 Å². The Kier molecular flexibility index (Phi) is 4.10. The number of benzene rings is 1. The third kappa shape index (κ3) is 2.85. The van der Waals surface area contributed by atoms with E-state index >= 15 is 0 Å². The largest absolute Gasteiger partial charge is 0.493 e. The van der Waals surface area contributed by atoms with E-state index in [1.807, 2.05) is 19.2 Å². The third-order valence-electron chi connectivity index (χ3n) is 4.81. The van der Waals surface area contributed by atoms with Gasteiger partial charge in [-0.05, 0) is 37.6 Å². The lowest BCUT2D eigenvalue weighted by Crippen LogP contribution is -2.19. The first-order valence-electron chi connectivity index (χ1n) is 9.04. The van der Waals surface area contributed by atoms with Crippen molar-refractivity contribution in [1.82, 2.24) is 24.9 Å². The highest BCUT2D eigenvalue weighted by molar-refractivity contribution is 7.19. The topological polar surface area (TPSA) is 64.3 Å². The zero-order chi connectivity index (χ0) is 19.3. The first-order valence-corrected chi connectivity index (χ1v) is 9.85. The summed E-state index contributed by atoms with van der Waals surface area (Å²) in [6.45, 7) is 3.64. The van der Waals surface area contributed by atoms with Crippen LogP contribution in [0.4, 0.5) is 4.39 Å². The van der Waals surface area contributed by atoms with Gasteiger partial charge in [0, 0.05) is 18.2 Å². The molecule has 0 saturated heterocycles. The number of nitrogens with zero attached hydrogens (tertiary/aromatic N) is 4. The molecule has 4 heterocycles. The molecule has 0 fully saturated rings. The van der Waals surface area contributed by atoms with Gasteiger partial charge in [0.05, 0.1) is 29.4 Å². The van der Waals surface area contributed by atoms with Crippen molar-refractivity contribution in [3.63, 3.8) is 0 Å². The monoisotopic (exact) mass is 395 g/mol. The van der Waals surface area contributed by atoms with Gasteiger partial charge in [-0.15, -0.1) is 11.3 Å². The zero-order valence-electron chi connectivity index (χ0n) is 15.5. The van der Waals surface area contributed by atoms with Crippen LogP contribution in [0, 0.1) is 12.7 Å². The Morgan fingerprint density at radius 3 is 2.93 bits per heavy atom. The molecule has 0 atom stereocenters. The maximum Gasteiger partial charge on any atom is 0.196 e. The molecule has 3 aromatic heterocycles. The van der Waals surface area contributed by atoms with Crippen molar-refractivity contribution in [2.24, 2.45) is 0 Å². The van der Waals surface area contributed by atoms with Gasteiger partial charge in [-0.25, -0.2) is 18.9 Å². The van der Waals surface area contributed by atoms with E-state index in [1.165, 1.54) is 23.0 Å². The maximum absolute atomic E-state index is 14.8. The predicted octanol–water partition coefficient (Wildman–Crippen LogP) is 3.84. The molecular formula is C20H18FN5OS. The molecular weight excluding hydrogens is 377 g/mol. The zero-order valence-corrected chi connectivity index (χ0v) is 16.3. The average Bonchev–Trinajstić information content (AvgIpc) is 3.30. The minimum Gasteiger partial charge on any atom is -0.493 e. The number of aryl methyl sites for hydroxylation is 1. The second kappa shape index (κ2) is 6.65. The van der Waals surface area contributed by atoms with Gasteiger partial charge in [0.25, 0.3) is 0 Å². The number of methoxy groups -OCH3 is 1. The number of thiazole rings is 1. The smallest absolute Gasteiger partial charge is 0.196 e. The van der Waals surface area contributed by atoms with Crippen LogP contribution in [0.25, 0.3) is 32.7 Å². The number of aromatic nitrogens is 4. The second-order valence-corrected chi connectivity index (χ2v) is 7.79. The van der Waals surface area contributed by atoms with E-state index in [0.29, 0.717) is 28.2 Å². The number of hydrogen-bond acceptors (Lipinski definition) is 6. The molecule has 0 bridgehead atoms. The highest BCUT2D eigenvalue weighted by Crippen LogP contribution is 2.34. The summed E-state index contributed by atoms with van der Waals surface area (Å²) in [7, 11) is 1.59. The van der Waals surface area contributed by atoms with Crippen molar-refractivity contribution in [3.05, 3.63) is 47.0 Å². The summed E-state index contributed by atoms with van der Waals surface area (Å²) in [5.41, 5.74) is 4.38. The predicted molar refractivity (Wildman–Crippen MR) is 108 cm³/mol. The van der Waals surface area contributed by atoms with Gasteiger partial charge in [-0.2, -0.15) is 5.10 Å². The van der Waals surface area contributed by atoms with E-state index in [2.05, 4.69) is 26.5 Å². The van der Waals surface area contributed by atoms with Gasteiger partial charge < -0.3 is 10.1 Å².